The topological polar surface area (TPSA) is 80.1 Å². The number of pyridine rings is 1. The molecule has 2 fully saturated rings. The SMILES string of the molecule is CN1C(=O)C2(NC(=O)c3nn(Cc4ccccc4)cc3F)C3C(c4cccnc41)C32C. The number of anilines is 1. The van der Waals surface area contributed by atoms with Crippen LogP contribution >= 0.6 is 0 Å². The number of carbonyl (C=O) groups is 2. The molecule has 2 aliphatic heterocycles. The number of hydrogen-bond donors (Lipinski definition) is 1. The van der Waals surface area contributed by atoms with Gasteiger partial charge in [0.25, 0.3) is 11.8 Å². The monoisotopic (exact) mass is 417 g/mol. The average molecular weight is 417 g/mol. The van der Waals surface area contributed by atoms with E-state index in [4.69, 9.17) is 0 Å². The highest BCUT2D eigenvalue weighted by atomic mass is 19.1. The van der Waals surface area contributed by atoms with E-state index >= 15 is 0 Å². The molecule has 2 bridgehead atoms. The van der Waals surface area contributed by atoms with Gasteiger partial charge in [-0.3, -0.25) is 19.2 Å². The Hall–Kier alpha value is -3.55. The predicted molar refractivity (Wildman–Crippen MR) is 110 cm³/mol. The number of rotatable bonds is 4. The molecule has 0 saturated heterocycles. The Bertz CT molecular complexity index is 1260. The summed E-state index contributed by atoms with van der Waals surface area (Å²) in [6.07, 6.45) is 2.86. The molecular formula is C23H20FN5O2. The number of fused-ring (bicyclic) bond motifs is 1. The molecule has 4 aliphatic rings. The lowest BCUT2D eigenvalue weighted by molar-refractivity contribution is -0.123. The first kappa shape index (κ1) is 18.2. The highest BCUT2D eigenvalue weighted by molar-refractivity contribution is 6.11. The Labute approximate surface area is 177 Å². The molecular weight excluding hydrogens is 397 g/mol. The van der Waals surface area contributed by atoms with Crippen LogP contribution in [0.2, 0.25) is 0 Å². The van der Waals surface area contributed by atoms with Gasteiger partial charge in [-0.1, -0.05) is 43.3 Å². The van der Waals surface area contributed by atoms with E-state index in [9.17, 15) is 14.0 Å². The Morgan fingerprint density at radius 3 is 2.71 bits per heavy atom. The van der Waals surface area contributed by atoms with Crippen LogP contribution < -0.4 is 10.2 Å². The third-order valence-corrected chi connectivity index (χ3v) is 7.29. The molecule has 8 heteroatoms. The van der Waals surface area contributed by atoms with Crippen molar-refractivity contribution in [2.75, 3.05) is 11.9 Å². The molecule has 2 aliphatic carbocycles. The molecule has 156 valence electrons. The van der Waals surface area contributed by atoms with E-state index in [-0.39, 0.29) is 28.9 Å². The van der Waals surface area contributed by atoms with E-state index in [0.29, 0.717) is 12.4 Å². The van der Waals surface area contributed by atoms with Crippen LogP contribution in [-0.4, -0.2) is 39.2 Å². The summed E-state index contributed by atoms with van der Waals surface area (Å²) < 4.78 is 16.0. The van der Waals surface area contributed by atoms with Crippen LogP contribution in [0.1, 0.15) is 34.5 Å². The molecule has 0 radical (unpaired) electrons. The lowest BCUT2D eigenvalue weighted by Crippen LogP contribution is -2.56. The van der Waals surface area contributed by atoms with Gasteiger partial charge in [-0.2, -0.15) is 5.10 Å². The maximum Gasteiger partial charge on any atom is 0.275 e. The number of likely N-dealkylation sites (N-methyl/N-ethyl adjacent to an activating group) is 1. The zero-order valence-corrected chi connectivity index (χ0v) is 17.0. The van der Waals surface area contributed by atoms with Gasteiger partial charge in [0, 0.05) is 30.5 Å². The van der Waals surface area contributed by atoms with Gasteiger partial charge in [-0.15, -0.1) is 0 Å². The second-order valence-corrected chi connectivity index (χ2v) is 8.79. The van der Waals surface area contributed by atoms with Crippen LogP contribution in [0.25, 0.3) is 0 Å². The Morgan fingerprint density at radius 2 is 1.97 bits per heavy atom. The number of aromatic nitrogens is 3. The fourth-order valence-electron chi connectivity index (χ4n) is 5.65. The number of nitrogens with one attached hydrogen (secondary N) is 1. The number of benzene rings is 1. The lowest BCUT2D eigenvalue weighted by Gasteiger charge is -2.28. The van der Waals surface area contributed by atoms with E-state index in [2.05, 4.69) is 15.4 Å². The summed E-state index contributed by atoms with van der Waals surface area (Å²) >= 11 is 0. The molecule has 1 N–H and O–H groups in total. The maximum atomic E-state index is 14.6. The smallest absolute Gasteiger partial charge is 0.275 e. The quantitative estimate of drug-likeness (QED) is 0.707. The Morgan fingerprint density at radius 1 is 1.23 bits per heavy atom. The van der Waals surface area contributed by atoms with Crippen LogP contribution in [-0.2, 0) is 11.3 Å². The summed E-state index contributed by atoms with van der Waals surface area (Å²) in [5.41, 5.74) is 0.240. The summed E-state index contributed by atoms with van der Waals surface area (Å²) in [7, 11) is 1.67. The van der Waals surface area contributed by atoms with E-state index in [1.54, 1.807) is 13.2 Å². The zero-order valence-electron chi connectivity index (χ0n) is 17.0. The van der Waals surface area contributed by atoms with E-state index < -0.39 is 17.3 Å². The largest absolute Gasteiger partial charge is 0.335 e. The van der Waals surface area contributed by atoms with Gasteiger partial charge in [-0.05, 0) is 17.2 Å². The van der Waals surface area contributed by atoms with Crippen molar-refractivity contribution in [3.63, 3.8) is 0 Å². The fraction of sp³-hybridized carbons (Fsp3) is 0.304. The number of halogens is 1. The van der Waals surface area contributed by atoms with E-state index in [1.807, 2.05) is 49.4 Å². The van der Waals surface area contributed by atoms with Crippen LogP contribution in [0.15, 0.2) is 54.9 Å². The fourth-order valence-corrected chi connectivity index (χ4v) is 5.65. The van der Waals surface area contributed by atoms with Crippen LogP contribution in [0, 0.1) is 17.2 Å². The summed E-state index contributed by atoms with van der Waals surface area (Å²) in [5, 5.41) is 7.00. The molecule has 2 aromatic heterocycles. The number of amides is 2. The highest BCUT2D eigenvalue weighted by Crippen LogP contribution is 2.91. The Balaban J connectivity index is 1.28. The van der Waals surface area contributed by atoms with Gasteiger partial charge >= 0.3 is 0 Å². The molecule has 4 heterocycles. The third kappa shape index (κ3) is 2.17. The van der Waals surface area contributed by atoms with Gasteiger partial charge in [0.15, 0.2) is 11.5 Å². The van der Waals surface area contributed by atoms with Crippen molar-refractivity contribution in [3.8, 4) is 0 Å². The van der Waals surface area contributed by atoms with E-state index in [0.717, 1.165) is 11.1 Å². The minimum absolute atomic E-state index is 0.0150. The predicted octanol–water partition coefficient (Wildman–Crippen LogP) is 2.34. The molecule has 0 spiro atoms. The van der Waals surface area contributed by atoms with Gasteiger partial charge in [0.1, 0.15) is 11.4 Å². The minimum atomic E-state index is -1.04. The zero-order chi connectivity index (χ0) is 21.5. The molecule has 1 aromatic carbocycles. The van der Waals surface area contributed by atoms with Crippen molar-refractivity contribution in [2.45, 2.75) is 24.9 Å². The molecule has 2 saturated carbocycles. The Kier molecular flexibility index (Phi) is 3.40. The number of carbonyl (C=O) groups excluding carboxylic acids is 2. The van der Waals surface area contributed by atoms with Gasteiger partial charge in [-0.25, -0.2) is 9.37 Å². The normalized spacial score (nSPS) is 29.6. The highest BCUT2D eigenvalue weighted by Gasteiger charge is 2.98. The van der Waals surface area contributed by atoms with Crippen LogP contribution in [0.4, 0.5) is 10.2 Å². The van der Waals surface area contributed by atoms with Gasteiger partial charge in [0.2, 0.25) is 0 Å². The summed E-state index contributed by atoms with van der Waals surface area (Å²) in [4.78, 5) is 32.2. The average Bonchev–Trinajstić information content (AvgIpc) is 3.52. The molecule has 7 nitrogen and oxygen atoms in total. The van der Waals surface area contributed by atoms with Gasteiger partial charge < -0.3 is 5.32 Å². The standard InChI is InChI=1S/C23H20FN5O2/c1-22-16-14-9-6-10-25-19(14)28(2)21(31)23(22,18(16)22)26-20(30)17-15(24)12-29(27-17)11-13-7-4-3-5-8-13/h3-10,12,16,18H,11H2,1-2H3,(H,26,30). The van der Waals surface area contributed by atoms with Crippen molar-refractivity contribution in [3.05, 3.63) is 77.5 Å². The first-order valence-electron chi connectivity index (χ1n) is 10.2. The lowest BCUT2D eigenvalue weighted by atomic mass is 9.86. The van der Waals surface area contributed by atoms with Crippen molar-refractivity contribution in [2.24, 2.45) is 11.3 Å². The minimum Gasteiger partial charge on any atom is -0.335 e. The second-order valence-electron chi connectivity index (χ2n) is 8.79. The molecule has 3 aromatic rings. The third-order valence-electron chi connectivity index (χ3n) is 7.29. The molecule has 4 atom stereocenters. The molecule has 4 unspecified atom stereocenters. The summed E-state index contributed by atoms with van der Waals surface area (Å²) in [6.45, 7) is 2.35. The number of nitrogens with zero attached hydrogens (tertiary/aromatic N) is 4. The van der Waals surface area contributed by atoms with Gasteiger partial charge in [0.05, 0.1) is 12.7 Å². The van der Waals surface area contributed by atoms with Crippen molar-refractivity contribution in [1.82, 2.24) is 20.1 Å². The first-order valence-corrected chi connectivity index (χ1v) is 10.2. The first-order chi connectivity index (χ1) is 14.9. The van der Waals surface area contributed by atoms with E-state index in [1.165, 1.54) is 15.8 Å². The summed E-state index contributed by atoms with van der Waals surface area (Å²) in [6, 6.07) is 13.3. The van der Waals surface area contributed by atoms with Crippen LogP contribution in [0.3, 0.4) is 0 Å². The molecule has 2 amide bonds. The second kappa shape index (κ2) is 5.78. The maximum absolute atomic E-state index is 14.6. The molecule has 7 rings (SSSR count). The molecule has 31 heavy (non-hydrogen) atoms. The number of hydrogen-bond acceptors (Lipinski definition) is 4. The summed E-state index contributed by atoms with van der Waals surface area (Å²) in [5.74, 6) is -0.827. The van der Waals surface area contributed by atoms with Crippen molar-refractivity contribution in [1.29, 1.82) is 0 Å². The van der Waals surface area contributed by atoms with Crippen molar-refractivity contribution < 1.29 is 14.0 Å². The van der Waals surface area contributed by atoms with Crippen molar-refractivity contribution >= 4 is 17.6 Å². The van der Waals surface area contributed by atoms with Crippen LogP contribution in [0.5, 0.6) is 0 Å².